The Kier molecular flexibility index (Phi) is 4.34. The predicted octanol–water partition coefficient (Wildman–Crippen LogP) is 0.468. The van der Waals surface area contributed by atoms with Gasteiger partial charge in [0, 0.05) is 25.3 Å². The van der Waals surface area contributed by atoms with Crippen LogP contribution in [0.15, 0.2) is 18.2 Å². The molecule has 3 N–H and O–H groups in total. The van der Waals surface area contributed by atoms with Crippen LogP contribution in [0, 0.1) is 5.82 Å². The van der Waals surface area contributed by atoms with Gasteiger partial charge in [-0.1, -0.05) is 0 Å². The van der Waals surface area contributed by atoms with Crippen LogP contribution < -0.4 is 11.1 Å². The van der Waals surface area contributed by atoms with Gasteiger partial charge in [0.1, 0.15) is 5.82 Å². The number of nitrogens with two attached hydrogens (primary N) is 1. The van der Waals surface area contributed by atoms with E-state index in [0.29, 0.717) is 13.2 Å². The molecule has 0 spiro atoms. The fraction of sp³-hybridized carbons (Fsp3) is 0.462. The number of carbonyl (C=O) groups excluding carboxylic acids is 1. The van der Waals surface area contributed by atoms with Crippen LogP contribution in [0.4, 0.5) is 10.1 Å². The molecule has 1 heterocycles. The second-order valence-electron chi connectivity index (χ2n) is 4.70. The van der Waals surface area contributed by atoms with Crippen molar-refractivity contribution in [2.75, 3.05) is 39.0 Å². The zero-order chi connectivity index (χ0) is 13.8. The molecule has 19 heavy (non-hydrogen) atoms. The molecule has 1 fully saturated rings. The van der Waals surface area contributed by atoms with E-state index in [-0.39, 0.29) is 23.3 Å². The van der Waals surface area contributed by atoms with Gasteiger partial charge in [0.05, 0.1) is 18.3 Å². The topological polar surface area (TPSA) is 67.6 Å². The lowest BCUT2D eigenvalue weighted by atomic mass is 10.1. The van der Waals surface area contributed by atoms with E-state index in [1.165, 1.54) is 12.1 Å². The summed E-state index contributed by atoms with van der Waals surface area (Å²) < 4.78 is 18.6. The maximum Gasteiger partial charge on any atom is 0.253 e. The summed E-state index contributed by atoms with van der Waals surface area (Å²) in [5.41, 5.74) is 6.08. The molecule has 1 aromatic carbocycles. The van der Waals surface area contributed by atoms with E-state index in [1.807, 2.05) is 7.05 Å². The summed E-state index contributed by atoms with van der Waals surface area (Å²) in [4.78, 5) is 14.1. The SMILES string of the molecule is CN1CCOC(CNC(=O)c2cc(F)ccc2N)C1. The largest absolute Gasteiger partial charge is 0.398 e. The van der Waals surface area contributed by atoms with E-state index >= 15 is 0 Å². The zero-order valence-corrected chi connectivity index (χ0v) is 10.9. The molecule has 6 heteroatoms. The summed E-state index contributed by atoms with van der Waals surface area (Å²) >= 11 is 0. The van der Waals surface area contributed by atoms with Crippen LogP contribution >= 0.6 is 0 Å². The number of likely N-dealkylation sites (N-methyl/N-ethyl adjacent to an activating group) is 1. The van der Waals surface area contributed by atoms with Crippen molar-refractivity contribution in [3.05, 3.63) is 29.6 Å². The molecule has 104 valence electrons. The number of benzene rings is 1. The molecule has 1 aromatic rings. The van der Waals surface area contributed by atoms with Gasteiger partial charge in [0.2, 0.25) is 0 Å². The van der Waals surface area contributed by atoms with Gasteiger partial charge in [-0.25, -0.2) is 4.39 Å². The highest BCUT2D eigenvalue weighted by Gasteiger charge is 2.19. The number of halogens is 1. The maximum atomic E-state index is 13.1. The first-order chi connectivity index (χ1) is 9.06. The van der Waals surface area contributed by atoms with Crippen molar-refractivity contribution >= 4 is 11.6 Å². The van der Waals surface area contributed by atoms with E-state index < -0.39 is 5.82 Å². The summed E-state index contributed by atoms with van der Waals surface area (Å²) in [7, 11) is 2.00. The summed E-state index contributed by atoms with van der Waals surface area (Å²) in [6.07, 6.45) is -0.0440. The summed E-state index contributed by atoms with van der Waals surface area (Å²) in [5.74, 6) is -0.859. The van der Waals surface area contributed by atoms with E-state index in [4.69, 9.17) is 10.5 Å². The molecule has 2 rings (SSSR count). The molecule has 0 radical (unpaired) electrons. The highest BCUT2D eigenvalue weighted by atomic mass is 19.1. The molecule has 1 aliphatic heterocycles. The van der Waals surface area contributed by atoms with Gasteiger partial charge in [0.15, 0.2) is 0 Å². The van der Waals surface area contributed by atoms with Gasteiger partial charge in [-0.3, -0.25) is 4.79 Å². The van der Waals surface area contributed by atoms with Gasteiger partial charge >= 0.3 is 0 Å². The number of nitrogens with zero attached hydrogens (tertiary/aromatic N) is 1. The van der Waals surface area contributed by atoms with Crippen LogP contribution in [0.25, 0.3) is 0 Å². The van der Waals surface area contributed by atoms with Crippen molar-refractivity contribution in [3.63, 3.8) is 0 Å². The van der Waals surface area contributed by atoms with Crippen LogP contribution in [0.5, 0.6) is 0 Å². The van der Waals surface area contributed by atoms with Crippen molar-refractivity contribution in [2.45, 2.75) is 6.10 Å². The lowest BCUT2D eigenvalue weighted by Gasteiger charge is -2.30. The van der Waals surface area contributed by atoms with Crippen molar-refractivity contribution < 1.29 is 13.9 Å². The molecule has 0 bridgehead atoms. The van der Waals surface area contributed by atoms with Crippen LogP contribution in [0.1, 0.15) is 10.4 Å². The Hall–Kier alpha value is -1.66. The van der Waals surface area contributed by atoms with E-state index in [9.17, 15) is 9.18 Å². The molecular formula is C13H18FN3O2. The lowest BCUT2D eigenvalue weighted by Crippen LogP contribution is -2.46. The van der Waals surface area contributed by atoms with Crippen LogP contribution in [-0.2, 0) is 4.74 Å². The quantitative estimate of drug-likeness (QED) is 0.781. The molecule has 0 aromatic heterocycles. The Morgan fingerprint density at radius 2 is 2.42 bits per heavy atom. The Morgan fingerprint density at radius 1 is 1.63 bits per heavy atom. The first-order valence-electron chi connectivity index (χ1n) is 6.19. The zero-order valence-electron chi connectivity index (χ0n) is 10.9. The van der Waals surface area contributed by atoms with Gasteiger partial charge in [-0.2, -0.15) is 0 Å². The number of rotatable bonds is 3. The minimum atomic E-state index is -0.479. The first-order valence-corrected chi connectivity index (χ1v) is 6.19. The molecule has 5 nitrogen and oxygen atoms in total. The lowest BCUT2D eigenvalue weighted by molar-refractivity contribution is -0.0175. The normalized spacial score (nSPS) is 20.2. The number of amides is 1. The smallest absolute Gasteiger partial charge is 0.253 e. The predicted molar refractivity (Wildman–Crippen MR) is 70.4 cm³/mol. The highest BCUT2D eigenvalue weighted by molar-refractivity contribution is 5.99. The number of ether oxygens (including phenoxy) is 1. The number of nitrogen functional groups attached to an aromatic ring is 1. The summed E-state index contributed by atoms with van der Waals surface area (Å²) in [5, 5.41) is 2.72. The maximum absolute atomic E-state index is 13.1. The number of morpholine rings is 1. The number of carbonyl (C=O) groups is 1. The standard InChI is InChI=1S/C13H18FN3O2/c1-17-4-5-19-10(8-17)7-16-13(18)11-6-9(14)2-3-12(11)15/h2-3,6,10H,4-5,7-8,15H2,1H3,(H,16,18). The van der Waals surface area contributed by atoms with Crippen LogP contribution in [0.2, 0.25) is 0 Å². The summed E-state index contributed by atoms with van der Waals surface area (Å²) in [6, 6.07) is 3.75. The molecule has 0 saturated carbocycles. The average molecular weight is 267 g/mol. The minimum Gasteiger partial charge on any atom is -0.398 e. The Balaban J connectivity index is 1.92. The van der Waals surface area contributed by atoms with Crippen molar-refractivity contribution in [3.8, 4) is 0 Å². The second-order valence-corrected chi connectivity index (χ2v) is 4.70. The summed E-state index contributed by atoms with van der Waals surface area (Å²) in [6.45, 7) is 2.69. The average Bonchev–Trinajstić information content (AvgIpc) is 2.39. The second kappa shape index (κ2) is 5.99. The molecule has 1 aliphatic rings. The monoisotopic (exact) mass is 267 g/mol. The van der Waals surface area contributed by atoms with Gasteiger partial charge in [0.25, 0.3) is 5.91 Å². The first kappa shape index (κ1) is 13.8. The fourth-order valence-electron chi connectivity index (χ4n) is 2.02. The fourth-order valence-corrected chi connectivity index (χ4v) is 2.02. The Morgan fingerprint density at radius 3 is 3.16 bits per heavy atom. The number of anilines is 1. The minimum absolute atomic E-state index is 0.0440. The molecule has 1 atom stereocenters. The van der Waals surface area contributed by atoms with Crippen molar-refractivity contribution in [2.24, 2.45) is 0 Å². The van der Waals surface area contributed by atoms with Gasteiger partial charge in [-0.05, 0) is 25.2 Å². The molecule has 1 saturated heterocycles. The Bertz CT molecular complexity index is 467. The van der Waals surface area contributed by atoms with Crippen LogP contribution in [-0.4, -0.2) is 50.2 Å². The number of hydrogen-bond acceptors (Lipinski definition) is 4. The number of nitrogens with one attached hydrogen (secondary N) is 1. The molecular weight excluding hydrogens is 249 g/mol. The molecule has 0 aliphatic carbocycles. The van der Waals surface area contributed by atoms with E-state index in [0.717, 1.165) is 19.2 Å². The van der Waals surface area contributed by atoms with Crippen LogP contribution in [0.3, 0.4) is 0 Å². The third-order valence-electron chi connectivity index (χ3n) is 3.09. The molecule has 1 unspecified atom stereocenters. The third-order valence-corrected chi connectivity index (χ3v) is 3.09. The van der Waals surface area contributed by atoms with E-state index in [2.05, 4.69) is 10.2 Å². The van der Waals surface area contributed by atoms with E-state index in [1.54, 1.807) is 0 Å². The van der Waals surface area contributed by atoms with Crippen molar-refractivity contribution in [1.82, 2.24) is 10.2 Å². The Labute approximate surface area is 111 Å². The van der Waals surface area contributed by atoms with Gasteiger partial charge in [-0.15, -0.1) is 0 Å². The third kappa shape index (κ3) is 3.65. The molecule has 1 amide bonds. The van der Waals surface area contributed by atoms with Gasteiger partial charge < -0.3 is 20.7 Å². The number of hydrogen-bond donors (Lipinski definition) is 2. The van der Waals surface area contributed by atoms with Crippen molar-refractivity contribution in [1.29, 1.82) is 0 Å². The highest BCUT2D eigenvalue weighted by Crippen LogP contribution is 2.13.